The highest BCUT2D eigenvalue weighted by atomic mass is 16.2. The van der Waals surface area contributed by atoms with Crippen molar-refractivity contribution in [3.05, 3.63) is 88.6 Å². The second kappa shape index (κ2) is 8.05. The number of anilines is 1. The van der Waals surface area contributed by atoms with Crippen LogP contribution in [0.5, 0.6) is 0 Å². The third-order valence-electron chi connectivity index (χ3n) is 5.69. The Labute approximate surface area is 190 Å². The lowest BCUT2D eigenvalue weighted by Gasteiger charge is -2.05. The first-order valence-corrected chi connectivity index (χ1v) is 10.8. The van der Waals surface area contributed by atoms with Crippen LogP contribution in [-0.4, -0.2) is 29.7 Å². The predicted molar refractivity (Wildman–Crippen MR) is 128 cm³/mol. The molecule has 0 aliphatic heterocycles. The number of carbonyl (C=O) groups is 1. The largest absolute Gasteiger partial charge is 0.350 e. The molecule has 0 unspecified atom stereocenters. The van der Waals surface area contributed by atoms with Crippen LogP contribution in [0.15, 0.2) is 71.8 Å². The molecule has 166 valence electrons. The van der Waals surface area contributed by atoms with Gasteiger partial charge in [0, 0.05) is 23.6 Å². The van der Waals surface area contributed by atoms with Crippen LogP contribution in [0.2, 0.25) is 0 Å². The minimum atomic E-state index is -0.379. The Kier molecular flexibility index (Phi) is 5.05. The average Bonchev–Trinajstić information content (AvgIpc) is 3.37. The van der Waals surface area contributed by atoms with E-state index in [1.807, 2.05) is 37.3 Å². The zero-order chi connectivity index (χ0) is 23.1. The normalized spacial score (nSPS) is 11.5. The van der Waals surface area contributed by atoms with Gasteiger partial charge in [-0.05, 0) is 36.6 Å². The van der Waals surface area contributed by atoms with Crippen molar-refractivity contribution >= 4 is 22.8 Å². The number of aryl methyl sites for hydroxylation is 1. The van der Waals surface area contributed by atoms with Crippen molar-refractivity contribution in [3.63, 3.8) is 0 Å². The Balaban J connectivity index is 1.46. The summed E-state index contributed by atoms with van der Waals surface area (Å²) in [6.45, 7) is 6.11. The molecule has 0 aliphatic carbocycles. The van der Waals surface area contributed by atoms with Gasteiger partial charge in [-0.25, -0.2) is 18.4 Å². The summed E-state index contributed by atoms with van der Waals surface area (Å²) in [5.74, 6) is 0.138. The molecular weight excluding hydrogens is 416 g/mol. The van der Waals surface area contributed by atoms with E-state index < -0.39 is 0 Å². The smallest absolute Gasteiger partial charge is 0.324 e. The predicted octanol–water partition coefficient (Wildman–Crippen LogP) is 3.88. The summed E-state index contributed by atoms with van der Waals surface area (Å²) in [4.78, 5) is 25.3. The molecular formula is C25H24N6O2. The second-order valence-electron chi connectivity index (χ2n) is 8.48. The minimum Gasteiger partial charge on any atom is -0.324 e. The van der Waals surface area contributed by atoms with Gasteiger partial charge in [-0.15, -0.1) is 5.10 Å². The van der Waals surface area contributed by atoms with Crippen molar-refractivity contribution in [1.82, 2.24) is 23.8 Å². The van der Waals surface area contributed by atoms with Crippen LogP contribution in [0, 0.1) is 6.92 Å². The molecule has 5 rings (SSSR count). The lowest BCUT2D eigenvalue weighted by Crippen LogP contribution is -2.28. The molecule has 3 aromatic heterocycles. The van der Waals surface area contributed by atoms with Gasteiger partial charge >= 0.3 is 5.69 Å². The van der Waals surface area contributed by atoms with Crippen LogP contribution in [0.4, 0.5) is 5.69 Å². The number of nitrogens with one attached hydrogen (secondary N) is 1. The number of hydrogen-bond acceptors (Lipinski definition) is 4. The molecule has 1 N–H and O–H groups in total. The monoisotopic (exact) mass is 440 g/mol. The van der Waals surface area contributed by atoms with Crippen molar-refractivity contribution in [1.29, 1.82) is 0 Å². The topological polar surface area (TPSA) is 85.7 Å². The number of fused-ring (bicyclic) bond motifs is 3. The van der Waals surface area contributed by atoms with Crippen molar-refractivity contribution in [3.8, 4) is 11.3 Å². The summed E-state index contributed by atoms with van der Waals surface area (Å²) >= 11 is 0. The van der Waals surface area contributed by atoms with Gasteiger partial charge in [0.15, 0.2) is 5.65 Å². The molecule has 0 saturated heterocycles. The van der Waals surface area contributed by atoms with E-state index in [0.29, 0.717) is 22.8 Å². The highest BCUT2D eigenvalue weighted by molar-refractivity contribution is 5.90. The Bertz CT molecular complexity index is 1520. The fourth-order valence-corrected chi connectivity index (χ4v) is 3.79. The van der Waals surface area contributed by atoms with E-state index in [2.05, 4.69) is 53.6 Å². The SMILES string of the molecule is Cc1ccc(NC(=O)Cn2nc3c4cc(-c5ccc(C(C)C)cc5)nn4ccn3c2=O)cc1. The summed E-state index contributed by atoms with van der Waals surface area (Å²) in [7, 11) is 0. The molecule has 5 aromatic rings. The summed E-state index contributed by atoms with van der Waals surface area (Å²) in [5, 5.41) is 11.9. The highest BCUT2D eigenvalue weighted by Crippen LogP contribution is 2.24. The Hall–Kier alpha value is -4.20. The molecule has 0 saturated carbocycles. The number of carbonyl (C=O) groups excluding carboxylic acids is 1. The van der Waals surface area contributed by atoms with E-state index in [1.165, 1.54) is 14.6 Å². The lowest BCUT2D eigenvalue weighted by molar-refractivity contribution is -0.117. The van der Waals surface area contributed by atoms with Crippen molar-refractivity contribution in [2.24, 2.45) is 0 Å². The maximum absolute atomic E-state index is 12.8. The molecule has 0 bridgehead atoms. The third-order valence-corrected chi connectivity index (χ3v) is 5.69. The minimum absolute atomic E-state index is 0.182. The van der Waals surface area contributed by atoms with Gasteiger partial charge in [-0.1, -0.05) is 55.8 Å². The van der Waals surface area contributed by atoms with E-state index in [9.17, 15) is 9.59 Å². The van der Waals surface area contributed by atoms with Crippen LogP contribution in [0.1, 0.15) is 30.9 Å². The van der Waals surface area contributed by atoms with Gasteiger partial charge in [-0.2, -0.15) is 5.10 Å². The number of rotatable bonds is 5. The molecule has 2 aromatic carbocycles. The Morgan fingerprint density at radius 2 is 1.73 bits per heavy atom. The molecule has 1 amide bonds. The molecule has 0 fully saturated rings. The first-order valence-electron chi connectivity index (χ1n) is 10.8. The van der Waals surface area contributed by atoms with Crippen LogP contribution < -0.4 is 11.0 Å². The zero-order valence-electron chi connectivity index (χ0n) is 18.7. The van der Waals surface area contributed by atoms with Gasteiger partial charge in [0.05, 0.1) is 5.69 Å². The Morgan fingerprint density at radius 1 is 1.00 bits per heavy atom. The van der Waals surface area contributed by atoms with E-state index in [-0.39, 0.29) is 18.1 Å². The van der Waals surface area contributed by atoms with Gasteiger partial charge in [0.1, 0.15) is 12.1 Å². The van der Waals surface area contributed by atoms with Gasteiger partial charge in [0.25, 0.3) is 0 Å². The van der Waals surface area contributed by atoms with Crippen LogP contribution in [0.25, 0.3) is 22.4 Å². The van der Waals surface area contributed by atoms with E-state index in [0.717, 1.165) is 16.8 Å². The molecule has 3 heterocycles. The maximum atomic E-state index is 12.8. The van der Waals surface area contributed by atoms with Crippen LogP contribution in [-0.2, 0) is 11.3 Å². The number of hydrogen-bond donors (Lipinski definition) is 1. The van der Waals surface area contributed by atoms with Gasteiger partial charge < -0.3 is 5.32 Å². The summed E-state index contributed by atoms with van der Waals surface area (Å²) in [5.41, 5.74) is 5.57. The zero-order valence-corrected chi connectivity index (χ0v) is 18.7. The average molecular weight is 441 g/mol. The molecule has 0 atom stereocenters. The quantitative estimate of drug-likeness (QED) is 0.449. The number of nitrogens with zero attached hydrogens (tertiary/aromatic N) is 5. The van der Waals surface area contributed by atoms with E-state index in [4.69, 9.17) is 0 Å². The molecule has 0 spiro atoms. The van der Waals surface area contributed by atoms with Gasteiger partial charge in [0.2, 0.25) is 5.91 Å². The van der Waals surface area contributed by atoms with Crippen molar-refractivity contribution in [2.45, 2.75) is 33.2 Å². The number of benzene rings is 2. The molecule has 8 heteroatoms. The summed E-state index contributed by atoms with van der Waals surface area (Å²) in [6, 6.07) is 17.7. The van der Waals surface area contributed by atoms with Crippen LogP contribution in [0.3, 0.4) is 0 Å². The van der Waals surface area contributed by atoms with E-state index >= 15 is 0 Å². The summed E-state index contributed by atoms with van der Waals surface area (Å²) < 4.78 is 4.30. The highest BCUT2D eigenvalue weighted by Gasteiger charge is 2.15. The van der Waals surface area contributed by atoms with E-state index in [1.54, 1.807) is 16.9 Å². The number of amides is 1. The molecule has 33 heavy (non-hydrogen) atoms. The van der Waals surface area contributed by atoms with Crippen molar-refractivity contribution in [2.75, 3.05) is 5.32 Å². The first kappa shape index (κ1) is 20.7. The summed E-state index contributed by atoms with van der Waals surface area (Å²) in [6.07, 6.45) is 3.33. The molecule has 8 nitrogen and oxygen atoms in total. The number of aromatic nitrogens is 5. The lowest BCUT2D eigenvalue weighted by atomic mass is 10.0. The Morgan fingerprint density at radius 3 is 2.42 bits per heavy atom. The third kappa shape index (κ3) is 3.91. The standard InChI is InChI=1S/C25H24N6O2/c1-16(2)18-6-8-19(9-7-18)21-14-22-24-28-31(25(33)29(24)12-13-30(22)27-21)15-23(32)26-20-10-4-17(3)5-11-20/h4-14,16H,15H2,1-3H3,(H,26,32). The molecule has 0 aliphatic rings. The fourth-order valence-electron chi connectivity index (χ4n) is 3.79. The fraction of sp³-hybridized carbons (Fsp3) is 0.200. The van der Waals surface area contributed by atoms with Gasteiger partial charge in [-0.3, -0.25) is 4.79 Å². The maximum Gasteiger partial charge on any atom is 0.350 e. The first-order chi connectivity index (χ1) is 15.9. The molecule has 0 radical (unpaired) electrons. The van der Waals surface area contributed by atoms with Crippen molar-refractivity contribution < 1.29 is 4.79 Å². The second-order valence-corrected chi connectivity index (χ2v) is 8.48. The van der Waals surface area contributed by atoms with Crippen LogP contribution >= 0.6 is 0 Å².